The number of halogens is 1. The SMILES string of the molecule is COc1cccc(CN(C)C(=O)c2cccc(NS(=O)(=O)c3ccc(Br)cc3)c2)c1OC. The van der Waals surface area contributed by atoms with Gasteiger partial charge in [0.25, 0.3) is 15.9 Å². The third-order valence-electron chi connectivity index (χ3n) is 4.72. The molecule has 9 heteroatoms. The highest BCUT2D eigenvalue weighted by Crippen LogP contribution is 2.31. The van der Waals surface area contributed by atoms with E-state index in [-0.39, 0.29) is 17.3 Å². The number of nitrogens with one attached hydrogen (secondary N) is 1. The first-order valence-corrected chi connectivity index (χ1v) is 11.9. The fourth-order valence-corrected chi connectivity index (χ4v) is 4.48. The number of amides is 1. The minimum absolute atomic E-state index is 0.125. The van der Waals surface area contributed by atoms with Crippen molar-refractivity contribution in [2.45, 2.75) is 11.4 Å². The van der Waals surface area contributed by atoms with Gasteiger partial charge in [-0.05, 0) is 48.5 Å². The van der Waals surface area contributed by atoms with Crippen LogP contribution < -0.4 is 14.2 Å². The second-order valence-corrected chi connectivity index (χ2v) is 9.55. The zero-order chi connectivity index (χ0) is 23.3. The van der Waals surface area contributed by atoms with Crippen LogP contribution in [0.3, 0.4) is 0 Å². The van der Waals surface area contributed by atoms with Crippen LogP contribution in [0.5, 0.6) is 11.5 Å². The molecule has 0 saturated heterocycles. The largest absolute Gasteiger partial charge is 0.493 e. The van der Waals surface area contributed by atoms with Crippen LogP contribution in [0.4, 0.5) is 5.69 Å². The highest BCUT2D eigenvalue weighted by Gasteiger charge is 2.18. The van der Waals surface area contributed by atoms with Crippen LogP contribution in [0.15, 0.2) is 76.1 Å². The summed E-state index contributed by atoms with van der Waals surface area (Å²) in [6.45, 7) is 0.286. The Labute approximate surface area is 196 Å². The van der Waals surface area contributed by atoms with Crippen molar-refractivity contribution in [3.63, 3.8) is 0 Å². The van der Waals surface area contributed by atoms with E-state index in [0.29, 0.717) is 22.7 Å². The van der Waals surface area contributed by atoms with E-state index in [0.717, 1.165) is 10.0 Å². The molecule has 0 unspecified atom stereocenters. The summed E-state index contributed by atoms with van der Waals surface area (Å²) in [5.41, 5.74) is 1.44. The molecule has 3 aromatic rings. The molecule has 1 N–H and O–H groups in total. The van der Waals surface area contributed by atoms with E-state index in [9.17, 15) is 13.2 Å². The summed E-state index contributed by atoms with van der Waals surface area (Å²) in [6.07, 6.45) is 0. The van der Waals surface area contributed by atoms with Crippen LogP contribution in [0.25, 0.3) is 0 Å². The summed E-state index contributed by atoms with van der Waals surface area (Å²) in [4.78, 5) is 14.7. The molecular weight excluding hydrogens is 496 g/mol. The van der Waals surface area contributed by atoms with Gasteiger partial charge in [-0.15, -0.1) is 0 Å². The number of anilines is 1. The Morgan fingerprint density at radius 2 is 1.69 bits per heavy atom. The highest BCUT2D eigenvalue weighted by atomic mass is 79.9. The molecule has 3 aromatic carbocycles. The monoisotopic (exact) mass is 518 g/mol. The number of ether oxygens (including phenoxy) is 2. The summed E-state index contributed by atoms with van der Waals surface area (Å²) in [5, 5.41) is 0. The van der Waals surface area contributed by atoms with Gasteiger partial charge >= 0.3 is 0 Å². The fourth-order valence-electron chi connectivity index (χ4n) is 3.17. The number of carbonyl (C=O) groups is 1. The standard InChI is InChI=1S/C23H23BrN2O5S/c1-26(15-17-7-5-9-21(30-2)22(17)31-3)23(27)16-6-4-8-19(14-16)25-32(28,29)20-12-10-18(24)11-13-20/h4-14,25H,15H2,1-3H3. The molecule has 0 saturated carbocycles. The summed E-state index contributed by atoms with van der Waals surface area (Å²) in [7, 11) is 0.981. The molecule has 0 heterocycles. The Hall–Kier alpha value is -3.04. The van der Waals surface area contributed by atoms with Crippen LogP contribution in [-0.2, 0) is 16.6 Å². The molecule has 168 valence electrons. The van der Waals surface area contributed by atoms with Crippen LogP contribution in [0.2, 0.25) is 0 Å². The second-order valence-electron chi connectivity index (χ2n) is 6.95. The summed E-state index contributed by atoms with van der Waals surface area (Å²) in [6, 6.07) is 18.1. The van der Waals surface area contributed by atoms with Gasteiger partial charge in [0, 0.05) is 34.9 Å². The summed E-state index contributed by atoms with van der Waals surface area (Å²) < 4.78 is 39.4. The predicted octanol–water partition coefficient (Wildman–Crippen LogP) is 4.54. The number of rotatable bonds is 8. The maximum Gasteiger partial charge on any atom is 0.261 e. The zero-order valence-electron chi connectivity index (χ0n) is 17.8. The van der Waals surface area contributed by atoms with Crippen molar-refractivity contribution in [1.29, 1.82) is 0 Å². The van der Waals surface area contributed by atoms with Crippen molar-refractivity contribution in [3.05, 3.63) is 82.3 Å². The normalized spacial score (nSPS) is 11.0. The Balaban J connectivity index is 1.79. The lowest BCUT2D eigenvalue weighted by molar-refractivity contribution is 0.0784. The average molecular weight is 519 g/mol. The molecule has 3 rings (SSSR count). The molecule has 32 heavy (non-hydrogen) atoms. The van der Waals surface area contributed by atoms with E-state index >= 15 is 0 Å². The topological polar surface area (TPSA) is 84.9 Å². The first-order valence-electron chi connectivity index (χ1n) is 9.59. The third kappa shape index (κ3) is 5.41. The van der Waals surface area contributed by atoms with Crippen LogP contribution in [-0.4, -0.2) is 40.5 Å². The van der Waals surface area contributed by atoms with Crippen LogP contribution in [0, 0.1) is 0 Å². The quantitative estimate of drug-likeness (QED) is 0.473. The van der Waals surface area contributed by atoms with E-state index in [1.54, 1.807) is 57.7 Å². The predicted molar refractivity (Wildman–Crippen MR) is 127 cm³/mol. The van der Waals surface area contributed by atoms with Crippen molar-refractivity contribution in [2.24, 2.45) is 0 Å². The van der Waals surface area contributed by atoms with Gasteiger partial charge in [-0.3, -0.25) is 9.52 Å². The molecule has 0 aromatic heterocycles. The Morgan fingerprint density at radius 1 is 1.00 bits per heavy atom. The summed E-state index contributed by atoms with van der Waals surface area (Å²) in [5.74, 6) is 0.875. The van der Waals surface area contributed by atoms with E-state index < -0.39 is 10.0 Å². The lowest BCUT2D eigenvalue weighted by Gasteiger charge is -2.20. The maximum absolute atomic E-state index is 13.0. The molecule has 0 bridgehead atoms. The van der Waals surface area contributed by atoms with Gasteiger partial charge < -0.3 is 14.4 Å². The molecule has 0 aliphatic carbocycles. The van der Waals surface area contributed by atoms with Gasteiger partial charge in [-0.2, -0.15) is 0 Å². The number of carbonyl (C=O) groups excluding carboxylic acids is 1. The minimum atomic E-state index is -3.78. The van der Waals surface area contributed by atoms with Gasteiger partial charge in [-0.1, -0.05) is 34.1 Å². The van der Waals surface area contributed by atoms with Gasteiger partial charge in [0.1, 0.15) is 0 Å². The minimum Gasteiger partial charge on any atom is -0.493 e. The molecule has 7 nitrogen and oxygen atoms in total. The van der Waals surface area contributed by atoms with Crippen LogP contribution in [0.1, 0.15) is 15.9 Å². The molecule has 0 radical (unpaired) electrons. The van der Waals surface area contributed by atoms with Gasteiger partial charge in [0.2, 0.25) is 0 Å². The Kier molecular flexibility index (Phi) is 7.42. The second kappa shape index (κ2) is 10.1. The molecular formula is C23H23BrN2O5S. The van der Waals surface area contributed by atoms with E-state index in [4.69, 9.17) is 9.47 Å². The number of hydrogen-bond donors (Lipinski definition) is 1. The molecule has 0 fully saturated rings. The number of sulfonamides is 1. The van der Waals surface area contributed by atoms with E-state index in [1.807, 2.05) is 12.1 Å². The Morgan fingerprint density at radius 3 is 2.34 bits per heavy atom. The zero-order valence-corrected chi connectivity index (χ0v) is 20.2. The number of nitrogens with zero attached hydrogens (tertiary/aromatic N) is 1. The van der Waals surface area contributed by atoms with Crippen molar-refractivity contribution in [1.82, 2.24) is 4.90 Å². The third-order valence-corrected chi connectivity index (χ3v) is 6.65. The fraction of sp³-hybridized carbons (Fsp3) is 0.174. The lowest BCUT2D eigenvalue weighted by atomic mass is 10.1. The highest BCUT2D eigenvalue weighted by molar-refractivity contribution is 9.10. The Bertz CT molecular complexity index is 1210. The molecule has 0 aliphatic rings. The van der Waals surface area contributed by atoms with E-state index in [2.05, 4.69) is 20.7 Å². The molecule has 0 atom stereocenters. The van der Waals surface area contributed by atoms with Crippen LogP contribution >= 0.6 is 15.9 Å². The smallest absolute Gasteiger partial charge is 0.261 e. The molecule has 0 aliphatic heterocycles. The number of benzene rings is 3. The van der Waals surface area contributed by atoms with Crippen molar-refractivity contribution in [3.8, 4) is 11.5 Å². The van der Waals surface area contributed by atoms with Crippen molar-refractivity contribution >= 4 is 37.5 Å². The summed E-state index contributed by atoms with van der Waals surface area (Å²) >= 11 is 3.29. The van der Waals surface area contributed by atoms with Gasteiger partial charge in [0.05, 0.1) is 19.1 Å². The first kappa shape index (κ1) is 23.6. The van der Waals surface area contributed by atoms with Crippen molar-refractivity contribution < 1.29 is 22.7 Å². The molecule has 0 spiro atoms. The number of methoxy groups -OCH3 is 2. The maximum atomic E-state index is 13.0. The average Bonchev–Trinajstić information content (AvgIpc) is 2.78. The number of para-hydroxylation sites is 1. The van der Waals surface area contributed by atoms with Gasteiger partial charge in [-0.25, -0.2) is 8.42 Å². The molecule has 1 amide bonds. The van der Waals surface area contributed by atoms with Gasteiger partial charge in [0.15, 0.2) is 11.5 Å². The lowest BCUT2D eigenvalue weighted by Crippen LogP contribution is -2.26. The van der Waals surface area contributed by atoms with E-state index in [1.165, 1.54) is 23.1 Å². The first-order chi connectivity index (χ1) is 15.2. The van der Waals surface area contributed by atoms with Crippen molar-refractivity contribution in [2.75, 3.05) is 26.0 Å². The number of hydrogen-bond acceptors (Lipinski definition) is 5.